The molecular weight excluding hydrogens is 362 g/mol. The van der Waals surface area contributed by atoms with Crippen molar-refractivity contribution in [3.63, 3.8) is 0 Å². The molecule has 1 aromatic carbocycles. The zero-order valence-corrected chi connectivity index (χ0v) is 12.1. The largest absolute Gasteiger partial charge is 0.573 e. The Morgan fingerprint density at radius 3 is 2.32 bits per heavy atom. The molecule has 25 heavy (non-hydrogen) atoms. The number of alkyl halides is 6. The second-order valence-electron chi connectivity index (χ2n) is 4.97. The van der Waals surface area contributed by atoms with Gasteiger partial charge in [0, 0.05) is 17.7 Å². The van der Waals surface area contributed by atoms with Gasteiger partial charge >= 0.3 is 18.5 Å². The molecule has 0 fully saturated rings. The highest BCUT2D eigenvalue weighted by Gasteiger charge is 2.49. The normalized spacial score (nSPS) is 17.4. The van der Waals surface area contributed by atoms with Crippen LogP contribution in [0, 0.1) is 0 Å². The fourth-order valence-electron chi connectivity index (χ4n) is 2.27. The second kappa shape index (κ2) is 6.47. The van der Waals surface area contributed by atoms with E-state index in [0.717, 1.165) is 6.07 Å². The third kappa shape index (κ3) is 4.35. The number of benzene rings is 1. The number of aliphatic carboxylic acids is 1. The first kappa shape index (κ1) is 18.9. The highest BCUT2D eigenvalue weighted by molar-refractivity contribution is 5.95. The Balaban J connectivity index is 2.60. The molecule has 0 saturated heterocycles. The Hall–Kier alpha value is -2.43. The minimum atomic E-state index is -5.06. The Morgan fingerprint density at radius 2 is 1.84 bits per heavy atom. The predicted octanol–water partition coefficient (Wildman–Crippen LogP) is 2.91. The number of halogens is 6. The third-order valence-electron chi connectivity index (χ3n) is 3.16. The molecule has 1 aromatic rings. The van der Waals surface area contributed by atoms with Crippen LogP contribution in [0.1, 0.15) is 11.1 Å². The quantitative estimate of drug-likeness (QED) is 0.795. The molecule has 11 heteroatoms. The second-order valence-corrected chi connectivity index (χ2v) is 4.97. The lowest BCUT2D eigenvalue weighted by atomic mass is 9.97. The van der Waals surface area contributed by atoms with Crippen molar-refractivity contribution in [2.75, 3.05) is 6.61 Å². The minimum Gasteiger partial charge on any atom is -0.478 e. The average Bonchev–Trinajstić information content (AvgIpc) is 2.43. The first-order valence-electron chi connectivity index (χ1n) is 6.64. The number of carbonyl (C=O) groups is 1. The van der Waals surface area contributed by atoms with Gasteiger partial charge in [0.25, 0.3) is 0 Å². The highest BCUT2D eigenvalue weighted by atomic mass is 19.4. The van der Waals surface area contributed by atoms with E-state index in [4.69, 9.17) is 14.9 Å². The van der Waals surface area contributed by atoms with Gasteiger partial charge in [0.05, 0.1) is 5.57 Å². The van der Waals surface area contributed by atoms with Crippen LogP contribution in [0.2, 0.25) is 0 Å². The summed E-state index contributed by atoms with van der Waals surface area (Å²) in [4.78, 5) is 11.0. The number of carboxylic acid groups (broad SMARTS) is 1. The van der Waals surface area contributed by atoms with Crippen molar-refractivity contribution < 1.29 is 50.8 Å². The Kier molecular flexibility index (Phi) is 4.89. The lowest BCUT2D eigenvalue weighted by molar-refractivity contribution is -0.274. The number of fused-ring (bicyclic) bond motifs is 1. The molecule has 0 amide bonds. The van der Waals surface area contributed by atoms with Crippen molar-refractivity contribution in [2.24, 2.45) is 0 Å². The third-order valence-corrected chi connectivity index (χ3v) is 3.16. The molecule has 1 unspecified atom stereocenters. The summed E-state index contributed by atoms with van der Waals surface area (Å²) in [5, 5.41) is 17.9. The van der Waals surface area contributed by atoms with E-state index in [1.165, 1.54) is 0 Å². The van der Waals surface area contributed by atoms with E-state index in [0.29, 0.717) is 12.1 Å². The number of ether oxygens (including phenoxy) is 2. The van der Waals surface area contributed by atoms with Gasteiger partial charge in [0.15, 0.2) is 0 Å². The Morgan fingerprint density at radius 1 is 1.20 bits per heavy atom. The van der Waals surface area contributed by atoms with Crippen molar-refractivity contribution >= 4 is 12.0 Å². The summed E-state index contributed by atoms with van der Waals surface area (Å²) in [6, 6.07) is 1.48. The molecule has 1 heterocycles. The maximum absolute atomic E-state index is 13.0. The van der Waals surface area contributed by atoms with Crippen LogP contribution >= 0.6 is 0 Å². The van der Waals surface area contributed by atoms with E-state index in [1.807, 2.05) is 0 Å². The van der Waals surface area contributed by atoms with Gasteiger partial charge in [-0.2, -0.15) is 13.2 Å². The van der Waals surface area contributed by atoms with E-state index in [9.17, 15) is 31.1 Å². The number of aliphatic hydroxyl groups excluding tert-OH is 1. The van der Waals surface area contributed by atoms with Gasteiger partial charge in [-0.15, -0.1) is 13.2 Å². The van der Waals surface area contributed by atoms with Crippen LogP contribution in [0.4, 0.5) is 26.3 Å². The predicted molar refractivity (Wildman–Crippen MR) is 70.0 cm³/mol. The smallest absolute Gasteiger partial charge is 0.478 e. The van der Waals surface area contributed by atoms with Gasteiger partial charge in [-0.1, -0.05) is 0 Å². The molecule has 0 bridgehead atoms. The topological polar surface area (TPSA) is 76.0 Å². The van der Waals surface area contributed by atoms with E-state index in [2.05, 4.69) is 4.74 Å². The molecule has 0 saturated carbocycles. The summed E-state index contributed by atoms with van der Waals surface area (Å²) < 4.78 is 84.5. The first-order valence-corrected chi connectivity index (χ1v) is 6.64. The number of hydrogen-bond donors (Lipinski definition) is 2. The van der Waals surface area contributed by atoms with Gasteiger partial charge in [-0.3, -0.25) is 0 Å². The molecule has 1 aliphatic rings. The first-order chi connectivity index (χ1) is 11.4. The van der Waals surface area contributed by atoms with Crippen molar-refractivity contribution in [1.29, 1.82) is 0 Å². The fourth-order valence-corrected chi connectivity index (χ4v) is 2.27. The average molecular weight is 372 g/mol. The molecule has 0 aliphatic carbocycles. The maximum atomic E-state index is 13.0. The van der Waals surface area contributed by atoms with E-state index in [-0.39, 0.29) is 17.5 Å². The zero-order chi connectivity index (χ0) is 19.0. The van der Waals surface area contributed by atoms with Crippen LogP contribution in [0.15, 0.2) is 17.7 Å². The summed E-state index contributed by atoms with van der Waals surface area (Å²) in [6.07, 6.45) is -12.7. The van der Waals surface area contributed by atoms with Crippen LogP contribution in [-0.4, -0.2) is 41.4 Å². The number of carboxylic acids is 1. The van der Waals surface area contributed by atoms with Crippen molar-refractivity contribution in [2.45, 2.75) is 25.1 Å². The maximum Gasteiger partial charge on any atom is 0.573 e. The summed E-state index contributed by atoms with van der Waals surface area (Å²) in [7, 11) is 0. The van der Waals surface area contributed by atoms with Gasteiger partial charge in [0.1, 0.15) is 11.5 Å². The minimum absolute atomic E-state index is 0.186. The zero-order valence-electron chi connectivity index (χ0n) is 12.1. The summed E-state index contributed by atoms with van der Waals surface area (Å²) in [5.41, 5.74) is -1.70. The molecule has 0 radical (unpaired) electrons. The van der Waals surface area contributed by atoms with Gasteiger partial charge in [0.2, 0.25) is 6.10 Å². The van der Waals surface area contributed by atoms with Crippen LogP contribution in [0.25, 0.3) is 6.08 Å². The number of aliphatic hydroxyl groups is 1. The van der Waals surface area contributed by atoms with E-state index in [1.54, 1.807) is 0 Å². The fraction of sp³-hybridized carbons (Fsp3) is 0.357. The lowest BCUT2D eigenvalue weighted by Gasteiger charge is -2.29. The molecule has 2 rings (SSSR count). The van der Waals surface area contributed by atoms with Crippen molar-refractivity contribution in [3.8, 4) is 11.5 Å². The molecule has 1 atom stereocenters. The monoisotopic (exact) mass is 372 g/mol. The lowest BCUT2D eigenvalue weighted by Crippen LogP contribution is -2.40. The summed E-state index contributed by atoms with van der Waals surface area (Å²) in [6.45, 7) is -0.586. The van der Waals surface area contributed by atoms with Gasteiger partial charge in [-0.25, -0.2) is 4.79 Å². The summed E-state index contributed by atoms with van der Waals surface area (Å²) >= 11 is 0. The van der Waals surface area contributed by atoms with Crippen molar-refractivity contribution in [1.82, 2.24) is 0 Å². The molecule has 0 aromatic heterocycles. The van der Waals surface area contributed by atoms with Crippen molar-refractivity contribution in [3.05, 3.63) is 28.8 Å². The molecule has 0 spiro atoms. The van der Waals surface area contributed by atoms with Crippen LogP contribution in [0.3, 0.4) is 0 Å². The summed E-state index contributed by atoms with van der Waals surface area (Å²) in [5.74, 6) is -3.17. The number of hydrogen-bond acceptors (Lipinski definition) is 4. The van der Waals surface area contributed by atoms with E-state index < -0.39 is 48.3 Å². The van der Waals surface area contributed by atoms with Crippen LogP contribution in [0.5, 0.6) is 11.5 Å². The van der Waals surface area contributed by atoms with Crippen LogP contribution < -0.4 is 9.47 Å². The molecule has 5 nitrogen and oxygen atoms in total. The Bertz CT molecular complexity index is 707. The molecule has 138 valence electrons. The van der Waals surface area contributed by atoms with E-state index >= 15 is 0 Å². The highest BCUT2D eigenvalue weighted by Crippen LogP contribution is 2.41. The van der Waals surface area contributed by atoms with Crippen LogP contribution in [-0.2, 0) is 11.2 Å². The van der Waals surface area contributed by atoms with Gasteiger partial charge in [-0.05, 0) is 24.6 Å². The number of rotatable bonds is 4. The Labute approximate surface area is 136 Å². The molecule has 2 N–H and O–H groups in total. The van der Waals surface area contributed by atoms with Gasteiger partial charge < -0.3 is 19.7 Å². The standard InChI is InChI=1S/C14H10F6O5/c15-13(16,17)11-9(12(22)23)5-7-4-8(25-14(18,19)20)3-6(1-2-21)10(7)24-11/h3-5,11,21H,1-2H2,(H,22,23). The SMILES string of the molecule is O=C(O)C1=Cc2cc(OC(F)(F)F)cc(CCO)c2OC1C(F)(F)F. The molecule has 1 aliphatic heterocycles. The molecular formula is C14H10F6O5.